The van der Waals surface area contributed by atoms with Gasteiger partial charge in [-0.2, -0.15) is 0 Å². The minimum absolute atomic E-state index is 0.269. The van der Waals surface area contributed by atoms with Gasteiger partial charge in [0.1, 0.15) is 0 Å². The molecule has 1 saturated heterocycles. The zero-order valence-electron chi connectivity index (χ0n) is 13.0. The molecular weight excluding hydrogens is 244 g/mol. The molecule has 1 aliphatic carbocycles. The minimum atomic E-state index is 0.269. The maximum absolute atomic E-state index is 3.45. The van der Waals surface area contributed by atoms with Crippen LogP contribution in [0.3, 0.4) is 0 Å². The van der Waals surface area contributed by atoms with E-state index in [1.165, 1.54) is 50.8 Å². The smallest absolute Gasteiger partial charge is 0.0194 e. The Labute approximate surface area is 123 Å². The summed E-state index contributed by atoms with van der Waals surface area (Å²) in [5, 5.41) is 3.45. The summed E-state index contributed by atoms with van der Waals surface area (Å²) in [6.45, 7) is 9.42. The lowest BCUT2D eigenvalue weighted by Gasteiger charge is -2.41. The molecule has 0 aromatic heterocycles. The largest absolute Gasteiger partial charge is 0.314 e. The fourth-order valence-corrected chi connectivity index (χ4v) is 3.78. The summed E-state index contributed by atoms with van der Waals surface area (Å²) in [4.78, 5) is 2.64. The van der Waals surface area contributed by atoms with Crippen LogP contribution in [0.5, 0.6) is 0 Å². The number of fused-ring (bicyclic) bond motifs is 1. The average molecular weight is 272 g/mol. The molecule has 1 heterocycles. The minimum Gasteiger partial charge on any atom is -0.314 e. The van der Waals surface area contributed by atoms with Gasteiger partial charge in [0.05, 0.1) is 0 Å². The SMILES string of the molecule is CC(C)(Cc1ccc2c(c1)CCCC2)N1CCNCC1. The second-order valence-corrected chi connectivity index (χ2v) is 7.04. The second-order valence-electron chi connectivity index (χ2n) is 7.04. The van der Waals surface area contributed by atoms with Crippen LogP contribution in [0.15, 0.2) is 18.2 Å². The molecule has 3 rings (SSSR count). The van der Waals surface area contributed by atoms with Gasteiger partial charge in [0.15, 0.2) is 0 Å². The highest BCUT2D eigenvalue weighted by Crippen LogP contribution is 2.26. The number of hydrogen-bond acceptors (Lipinski definition) is 2. The molecule has 20 heavy (non-hydrogen) atoms. The van der Waals surface area contributed by atoms with Crippen LogP contribution < -0.4 is 5.32 Å². The third-order valence-electron chi connectivity index (χ3n) is 5.02. The second kappa shape index (κ2) is 5.87. The van der Waals surface area contributed by atoms with Crippen molar-refractivity contribution in [2.75, 3.05) is 26.2 Å². The molecule has 110 valence electrons. The van der Waals surface area contributed by atoms with E-state index in [2.05, 4.69) is 42.3 Å². The fourth-order valence-electron chi connectivity index (χ4n) is 3.78. The highest BCUT2D eigenvalue weighted by Gasteiger charge is 2.28. The van der Waals surface area contributed by atoms with Crippen LogP contribution >= 0.6 is 0 Å². The van der Waals surface area contributed by atoms with Gasteiger partial charge in [-0.05, 0) is 62.6 Å². The lowest BCUT2D eigenvalue weighted by Crippen LogP contribution is -2.54. The molecule has 2 nitrogen and oxygen atoms in total. The molecule has 2 aliphatic rings. The number of hydrogen-bond donors (Lipinski definition) is 1. The van der Waals surface area contributed by atoms with Gasteiger partial charge in [0.25, 0.3) is 0 Å². The summed E-state index contributed by atoms with van der Waals surface area (Å²) in [6.07, 6.45) is 6.49. The number of nitrogens with one attached hydrogen (secondary N) is 1. The van der Waals surface area contributed by atoms with Crippen molar-refractivity contribution >= 4 is 0 Å². The quantitative estimate of drug-likeness (QED) is 0.910. The first-order valence-corrected chi connectivity index (χ1v) is 8.22. The van der Waals surface area contributed by atoms with E-state index in [0.29, 0.717) is 0 Å². The van der Waals surface area contributed by atoms with Gasteiger partial charge in [-0.3, -0.25) is 4.90 Å². The van der Waals surface area contributed by atoms with E-state index in [1.54, 1.807) is 11.1 Å². The van der Waals surface area contributed by atoms with Crippen molar-refractivity contribution in [3.63, 3.8) is 0 Å². The molecule has 0 amide bonds. The Morgan fingerprint density at radius 1 is 1.05 bits per heavy atom. The molecule has 1 aromatic carbocycles. The highest BCUT2D eigenvalue weighted by atomic mass is 15.2. The van der Waals surface area contributed by atoms with Crippen molar-refractivity contribution in [1.82, 2.24) is 10.2 Å². The topological polar surface area (TPSA) is 15.3 Å². The summed E-state index contributed by atoms with van der Waals surface area (Å²) in [7, 11) is 0. The van der Waals surface area contributed by atoms with Crippen LogP contribution in [0.4, 0.5) is 0 Å². The molecule has 1 aromatic rings. The number of nitrogens with zero attached hydrogens (tertiary/aromatic N) is 1. The predicted molar refractivity (Wildman–Crippen MR) is 85.3 cm³/mol. The Kier molecular flexibility index (Phi) is 4.13. The monoisotopic (exact) mass is 272 g/mol. The van der Waals surface area contributed by atoms with E-state index in [0.717, 1.165) is 13.1 Å². The normalized spacial score (nSPS) is 20.7. The first-order chi connectivity index (χ1) is 9.65. The Morgan fingerprint density at radius 3 is 2.50 bits per heavy atom. The lowest BCUT2D eigenvalue weighted by atomic mass is 9.86. The maximum Gasteiger partial charge on any atom is 0.0194 e. The van der Waals surface area contributed by atoms with Crippen LogP contribution in [0.1, 0.15) is 43.4 Å². The first-order valence-electron chi connectivity index (χ1n) is 8.22. The molecule has 0 bridgehead atoms. The van der Waals surface area contributed by atoms with Crippen LogP contribution in [-0.2, 0) is 19.3 Å². The number of benzene rings is 1. The van der Waals surface area contributed by atoms with Gasteiger partial charge in [-0.25, -0.2) is 0 Å². The van der Waals surface area contributed by atoms with E-state index in [4.69, 9.17) is 0 Å². The summed E-state index contributed by atoms with van der Waals surface area (Å²) >= 11 is 0. The molecule has 0 atom stereocenters. The highest BCUT2D eigenvalue weighted by molar-refractivity contribution is 5.34. The molecule has 0 spiro atoms. The van der Waals surface area contributed by atoms with E-state index in [9.17, 15) is 0 Å². The molecule has 1 fully saturated rings. The first kappa shape index (κ1) is 14.1. The van der Waals surface area contributed by atoms with Gasteiger partial charge in [0.2, 0.25) is 0 Å². The van der Waals surface area contributed by atoms with Gasteiger partial charge < -0.3 is 5.32 Å². The standard InChI is InChI=1S/C18H28N2/c1-18(2,20-11-9-19-10-12-20)14-15-7-8-16-5-3-4-6-17(16)13-15/h7-8,13,19H,3-6,9-12,14H2,1-2H3. The fraction of sp³-hybridized carbons (Fsp3) is 0.667. The summed E-state index contributed by atoms with van der Waals surface area (Å²) in [5.41, 5.74) is 5.00. The third-order valence-corrected chi connectivity index (χ3v) is 5.02. The third kappa shape index (κ3) is 3.07. The summed E-state index contributed by atoms with van der Waals surface area (Å²) in [6, 6.07) is 7.24. The Bertz CT molecular complexity index is 458. The van der Waals surface area contributed by atoms with Gasteiger partial charge in [0, 0.05) is 31.7 Å². The summed E-state index contributed by atoms with van der Waals surface area (Å²) in [5.74, 6) is 0. The number of rotatable bonds is 3. The number of aryl methyl sites for hydroxylation is 2. The molecule has 0 unspecified atom stereocenters. The maximum atomic E-state index is 3.45. The van der Waals surface area contributed by atoms with Gasteiger partial charge >= 0.3 is 0 Å². The van der Waals surface area contributed by atoms with E-state index >= 15 is 0 Å². The van der Waals surface area contributed by atoms with Crippen LogP contribution in [0, 0.1) is 0 Å². The zero-order valence-corrected chi connectivity index (χ0v) is 13.0. The van der Waals surface area contributed by atoms with Gasteiger partial charge in [-0.15, -0.1) is 0 Å². The van der Waals surface area contributed by atoms with Gasteiger partial charge in [-0.1, -0.05) is 18.2 Å². The average Bonchev–Trinajstić information content (AvgIpc) is 2.48. The Balaban J connectivity index is 1.72. The molecule has 0 saturated carbocycles. The molecule has 1 aliphatic heterocycles. The molecular formula is C18H28N2. The van der Waals surface area contributed by atoms with E-state index in [-0.39, 0.29) is 5.54 Å². The van der Waals surface area contributed by atoms with Crippen LogP contribution in [0.2, 0.25) is 0 Å². The van der Waals surface area contributed by atoms with Crippen LogP contribution in [-0.4, -0.2) is 36.6 Å². The molecule has 1 N–H and O–H groups in total. The van der Waals surface area contributed by atoms with Crippen molar-refractivity contribution in [2.24, 2.45) is 0 Å². The molecule has 0 radical (unpaired) electrons. The van der Waals surface area contributed by atoms with Crippen molar-refractivity contribution in [2.45, 2.75) is 51.5 Å². The zero-order chi connectivity index (χ0) is 14.0. The van der Waals surface area contributed by atoms with E-state index < -0.39 is 0 Å². The molecule has 2 heteroatoms. The summed E-state index contributed by atoms with van der Waals surface area (Å²) < 4.78 is 0. The number of piperazine rings is 1. The van der Waals surface area contributed by atoms with Crippen LogP contribution in [0.25, 0.3) is 0 Å². The predicted octanol–water partition coefficient (Wildman–Crippen LogP) is 2.79. The Hall–Kier alpha value is -0.860. The lowest BCUT2D eigenvalue weighted by molar-refractivity contribution is 0.103. The van der Waals surface area contributed by atoms with E-state index in [1.807, 2.05) is 0 Å². The van der Waals surface area contributed by atoms with Crippen molar-refractivity contribution < 1.29 is 0 Å². The van der Waals surface area contributed by atoms with Crippen molar-refractivity contribution in [3.8, 4) is 0 Å². The van der Waals surface area contributed by atoms with Crippen molar-refractivity contribution in [3.05, 3.63) is 34.9 Å². The van der Waals surface area contributed by atoms with Crippen molar-refractivity contribution in [1.29, 1.82) is 0 Å². The Morgan fingerprint density at radius 2 is 1.75 bits per heavy atom.